The molecule has 0 radical (unpaired) electrons. The SMILES string of the molecule is CC(=O)N1CCC[C@H](C(=O)N[C@H](C)Cn2cccn2)C1. The molecular formula is C14H22N4O2. The van der Waals surface area contributed by atoms with E-state index >= 15 is 0 Å². The topological polar surface area (TPSA) is 67.2 Å². The number of nitrogens with zero attached hydrogens (tertiary/aromatic N) is 3. The summed E-state index contributed by atoms with van der Waals surface area (Å²) in [4.78, 5) is 25.4. The Morgan fingerprint density at radius 1 is 1.50 bits per heavy atom. The first-order valence-electron chi connectivity index (χ1n) is 7.09. The molecule has 2 rings (SSSR count). The van der Waals surface area contributed by atoms with Crippen LogP contribution in [0.25, 0.3) is 0 Å². The van der Waals surface area contributed by atoms with E-state index in [1.165, 1.54) is 0 Å². The van der Waals surface area contributed by atoms with Crippen LogP contribution in [0.2, 0.25) is 0 Å². The van der Waals surface area contributed by atoms with Crippen molar-refractivity contribution in [2.24, 2.45) is 5.92 Å². The van der Waals surface area contributed by atoms with Crippen LogP contribution in [0.15, 0.2) is 18.5 Å². The maximum absolute atomic E-state index is 12.2. The molecule has 6 heteroatoms. The van der Waals surface area contributed by atoms with Crippen molar-refractivity contribution in [2.75, 3.05) is 13.1 Å². The third-order valence-electron chi connectivity index (χ3n) is 3.65. The molecule has 110 valence electrons. The predicted octanol–water partition coefficient (Wildman–Crippen LogP) is 0.646. The normalized spacial score (nSPS) is 20.5. The molecule has 0 spiro atoms. The Morgan fingerprint density at radius 2 is 2.30 bits per heavy atom. The van der Waals surface area contributed by atoms with Gasteiger partial charge in [-0.3, -0.25) is 14.3 Å². The van der Waals surface area contributed by atoms with Gasteiger partial charge in [0.25, 0.3) is 0 Å². The van der Waals surface area contributed by atoms with Crippen molar-refractivity contribution in [3.05, 3.63) is 18.5 Å². The molecule has 2 heterocycles. The van der Waals surface area contributed by atoms with Gasteiger partial charge in [0, 0.05) is 38.4 Å². The molecule has 0 aliphatic carbocycles. The molecule has 1 fully saturated rings. The van der Waals surface area contributed by atoms with Crippen molar-refractivity contribution >= 4 is 11.8 Å². The van der Waals surface area contributed by atoms with E-state index in [-0.39, 0.29) is 23.8 Å². The highest BCUT2D eigenvalue weighted by Crippen LogP contribution is 2.16. The van der Waals surface area contributed by atoms with Gasteiger partial charge < -0.3 is 10.2 Å². The van der Waals surface area contributed by atoms with Gasteiger partial charge in [-0.05, 0) is 25.8 Å². The molecule has 2 amide bonds. The van der Waals surface area contributed by atoms with Crippen LogP contribution in [-0.4, -0.2) is 45.6 Å². The zero-order valence-corrected chi connectivity index (χ0v) is 12.1. The number of nitrogens with one attached hydrogen (secondary N) is 1. The van der Waals surface area contributed by atoms with Gasteiger partial charge in [-0.2, -0.15) is 5.10 Å². The zero-order valence-electron chi connectivity index (χ0n) is 12.1. The summed E-state index contributed by atoms with van der Waals surface area (Å²) in [6.07, 6.45) is 5.34. The molecule has 1 aliphatic rings. The van der Waals surface area contributed by atoms with E-state index in [1.807, 2.05) is 19.2 Å². The number of likely N-dealkylation sites (tertiary alicyclic amines) is 1. The molecule has 1 aromatic rings. The third kappa shape index (κ3) is 3.82. The predicted molar refractivity (Wildman–Crippen MR) is 74.8 cm³/mol. The maximum atomic E-state index is 12.2. The number of carbonyl (C=O) groups is 2. The number of piperidine rings is 1. The summed E-state index contributed by atoms with van der Waals surface area (Å²) in [5, 5.41) is 7.13. The van der Waals surface area contributed by atoms with E-state index in [0.29, 0.717) is 13.1 Å². The highest BCUT2D eigenvalue weighted by Gasteiger charge is 2.27. The van der Waals surface area contributed by atoms with Crippen LogP contribution < -0.4 is 5.32 Å². The molecule has 0 unspecified atom stereocenters. The summed E-state index contributed by atoms with van der Waals surface area (Å²) in [5.41, 5.74) is 0. The van der Waals surface area contributed by atoms with Crippen LogP contribution in [0.1, 0.15) is 26.7 Å². The average Bonchev–Trinajstić information content (AvgIpc) is 2.91. The Kier molecular flexibility index (Phi) is 4.76. The summed E-state index contributed by atoms with van der Waals surface area (Å²) < 4.78 is 1.80. The minimum Gasteiger partial charge on any atom is -0.351 e. The van der Waals surface area contributed by atoms with E-state index in [2.05, 4.69) is 10.4 Å². The van der Waals surface area contributed by atoms with Gasteiger partial charge in [-0.25, -0.2) is 0 Å². The summed E-state index contributed by atoms with van der Waals surface area (Å²) in [6.45, 7) is 5.48. The van der Waals surface area contributed by atoms with Crippen molar-refractivity contribution in [3.63, 3.8) is 0 Å². The molecule has 0 saturated carbocycles. The summed E-state index contributed by atoms with van der Waals surface area (Å²) in [7, 11) is 0. The number of amides is 2. The van der Waals surface area contributed by atoms with E-state index < -0.39 is 0 Å². The van der Waals surface area contributed by atoms with E-state index in [1.54, 1.807) is 22.7 Å². The minimum atomic E-state index is -0.0901. The number of hydrogen-bond donors (Lipinski definition) is 1. The molecule has 6 nitrogen and oxygen atoms in total. The summed E-state index contributed by atoms with van der Waals surface area (Å²) >= 11 is 0. The first-order valence-corrected chi connectivity index (χ1v) is 7.09. The van der Waals surface area contributed by atoms with Crippen molar-refractivity contribution < 1.29 is 9.59 Å². The van der Waals surface area contributed by atoms with Gasteiger partial charge in [-0.1, -0.05) is 0 Å². The average molecular weight is 278 g/mol. The second kappa shape index (κ2) is 6.54. The van der Waals surface area contributed by atoms with E-state index in [4.69, 9.17) is 0 Å². The number of rotatable bonds is 4. The van der Waals surface area contributed by atoms with Crippen molar-refractivity contribution in [1.29, 1.82) is 0 Å². The Labute approximate surface area is 119 Å². The van der Waals surface area contributed by atoms with Gasteiger partial charge in [0.15, 0.2) is 0 Å². The van der Waals surface area contributed by atoms with Gasteiger partial charge >= 0.3 is 0 Å². The van der Waals surface area contributed by atoms with E-state index in [9.17, 15) is 9.59 Å². The summed E-state index contributed by atoms with van der Waals surface area (Å²) in [6, 6.07) is 1.88. The van der Waals surface area contributed by atoms with Crippen LogP contribution in [0.3, 0.4) is 0 Å². The van der Waals surface area contributed by atoms with E-state index in [0.717, 1.165) is 19.4 Å². The van der Waals surface area contributed by atoms with Gasteiger partial charge in [0.1, 0.15) is 0 Å². The smallest absolute Gasteiger partial charge is 0.225 e. The standard InChI is InChI=1S/C14H22N4O2/c1-11(9-18-8-4-6-15-18)16-14(20)13-5-3-7-17(10-13)12(2)19/h4,6,8,11,13H,3,5,7,9-10H2,1-2H3,(H,16,20)/t11-,13+/m1/s1. The quantitative estimate of drug-likeness (QED) is 0.879. The largest absolute Gasteiger partial charge is 0.351 e. The fourth-order valence-corrected chi connectivity index (χ4v) is 2.57. The highest BCUT2D eigenvalue weighted by molar-refractivity contribution is 5.80. The minimum absolute atomic E-state index is 0.0232. The molecule has 0 aromatic carbocycles. The lowest BCUT2D eigenvalue weighted by molar-refractivity contribution is -0.134. The lowest BCUT2D eigenvalue weighted by atomic mass is 9.97. The Hall–Kier alpha value is -1.85. The molecule has 20 heavy (non-hydrogen) atoms. The van der Waals surface area contributed by atoms with Crippen LogP contribution >= 0.6 is 0 Å². The van der Waals surface area contributed by atoms with Crippen molar-refractivity contribution in [2.45, 2.75) is 39.3 Å². The number of aromatic nitrogens is 2. The zero-order chi connectivity index (χ0) is 14.5. The molecule has 2 atom stereocenters. The van der Waals surface area contributed by atoms with Crippen LogP contribution in [0, 0.1) is 5.92 Å². The van der Waals surface area contributed by atoms with Gasteiger partial charge in [0.2, 0.25) is 11.8 Å². The Balaban J connectivity index is 1.83. The first kappa shape index (κ1) is 14.6. The summed E-state index contributed by atoms with van der Waals surface area (Å²) in [5.74, 6) is -0.00424. The Bertz CT molecular complexity index is 458. The van der Waals surface area contributed by atoms with Crippen molar-refractivity contribution in [1.82, 2.24) is 20.0 Å². The van der Waals surface area contributed by atoms with Crippen LogP contribution in [0.4, 0.5) is 0 Å². The number of carbonyl (C=O) groups excluding carboxylic acids is 2. The lowest BCUT2D eigenvalue weighted by Crippen LogP contribution is -2.47. The molecule has 0 bridgehead atoms. The number of hydrogen-bond acceptors (Lipinski definition) is 3. The molecule has 1 saturated heterocycles. The fraction of sp³-hybridized carbons (Fsp3) is 0.643. The van der Waals surface area contributed by atoms with Crippen molar-refractivity contribution in [3.8, 4) is 0 Å². The Morgan fingerprint density at radius 3 is 2.95 bits per heavy atom. The fourth-order valence-electron chi connectivity index (χ4n) is 2.57. The lowest BCUT2D eigenvalue weighted by Gasteiger charge is -2.31. The second-order valence-corrected chi connectivity index (χ2v) is 5.44. The highest BCUT2D eigenvalue weighted by atomic mass is 16.2. The van der Waals surface area contributed by atoms with Gasteiger partial charge in [-0.15, -0.1) is 0 Å². The second-order valence-electron chi connectivity index (χ2n) is 5.44. The third-order valence-corrected chi connectivity index (χ3v) is 3.65. The molecule has 1 aromatic heterocycles. The van der Waals surface area contributed by atoms with Gasteiger partial charge in [0.05, 0.1) is 12.5 Å². The van der Waals surface area contributed by atoms with Crippen LogP contribution in [-0.2, 0) is 16.1 Å². The monoisotopic (exact) mass is 278 g/mol. The molecule has 1 N–H and O–H groups in total. The maximum Gasteiger partial charge on any atom is 0.225 e. The molecule has 1 aliphatic heterocycles. The van der Waals surface area contributed by atoms with Crippen LogP contribution in [0.5, 0.6) is 0 Å². The first-order chi connectivity index (χ1) is 9.56. The molecular weight excluding hydrogens is 256 g/mol.